The summed E-state index contributed by atoms with van der Waals surface area (Å²) in [7, 11) is 0. The Bertz CT molecular complexity index is 675. The first-order chi connectivity index (χ1) is 23.8. The fourth-order valence-electron chi connectivity index (χ4n) is 6.98. The molecule has 0 radical (unpaired) electrons. The highest BCUT2D eigenvalue weighted by Gasteiger charge is 2.43. The molecule has 6 nitrogen and oxygen atoms in total. The number of hydroxylamine groups is 3. The Morgan fingerprint density at radius 1 is 0.408 bits per heavy atom. The van der Waals surface area contributed by atoms with Crippen molar-refractivity contribution in [1.82, 2.24) is 0 Å². The number of hydrogen-bond acceptors (Lipinski definition) is 5. The SMILES string of the molecule is CCCCCCCCCCCCCCCCCC(=O)OC(C)[N+](O)(CCC)C(C)OC(=O)CCCCCCCCCCCCCCCCC. The molecule has 0 spiro atoms. The third kappa shape index (κ3) is 29.2. The predicted octanol–water partition coefficient (Wildman–Crippen LogP) is 13.9. The Labute approximate surface area is 305 Å². The van der Waals surface area contributed by atoms with Crippen molar-refractivity contribution in [2.45, 2.75) is 259 Å². The largest absolute Gasteiger partial charge is 0.409 e. The summed E-state index contributed by atoms with van der Waals surface area (Å²) in [6.45, 7) is 10.3. The summed E-state index contributed by atoms with van der Waals surface area (Å²) >= 11 is 0. The topological polar surface area (TPSA) is 72.8 Å². The molecule has 0 aliphatic carbocycles. The van der Waals surface area contributed by atoms with Gasteiger partial charge in [-0.15, -0.1) is 4.65 Å². The first-order valence-corrected chi connectivity index (χ1v) is 21.8. The van der Waals surface area contributed by atoms with Gasteiger partial charge in [-0.05, 0) is 19.3 Å². The molecule has 0 rings (SSSR count). The minimum Gasteiger partial charge on any atom is -0.409 e. The van der Waals surface area contributed by atoms with Crippen molar-refractivity contribution in [3.05, 3.63) is 0 Å². The number of unbranched alkanes of at least 4 members (excludes halogenated alkanes) is 28. The van der Waals surface area contributed by atoms with Crippen LogP contribution >= 0.6 is 0 Å². The van der Waals surface area contributed by atoms with Crippen molar-refractivity contribution < 1.29 is 28.9 Å². The number of carbonyl (C=O) groups excluding carboxylic acids is 2. The lowest BCUT2D eigenvalue weighted by Gasteiger charge is -2.38. The van der Waals surface area contributed by atoms with E-state index in [0.717, 1.165) is 38.5 Å². The fourth-order valence-corrected chi connectivity index (χ4v) is 6.98. The number of nitrogens with zero attached hydrogens (tertiary/aromatic N) is 1. The van der Waals surface area contributed by atoms with Crippen LogP contribution in [-0.2, 0) is 19.1 Å². The molecule has 0 bridgehead atoms. The smallest absolute Gasteiger partial charge is 0.310 e. The van der Waals surface area contributed by atoms with Crippen molar-refractivity contribution in [2.24, 2.45) is 0 Å². The maximum atomic E-state index is 12.6. The highest BCUT2D eigenvalue weighted by atomic mass is 16.7. The second kappa shape index (κ2) is 35.3. The standard InChI is InChI=1S/C43H86NO5/c1-6-9-11-13-15-17-19-21-23-25-27-29-31-33-35-37-42(45)48-40(4)44(47,39-8-3)41(5)49-43(46)38-36-34-32-30-28-26-24-22-20-18-16-14-12-10-7-2/h40-41,47H,6-39H2,1-5H3/q+1. The summed E-state index contributed by atoms with van der Waals surface area (Å²) in [4.78, 5) is 25.2. The molecule has 0 fully saturated rings. The van der Waals surface area contributed by atoms with Gasteiger partial charge in [0.2, 0.25) is 0 Å². The average Bonchev–Trinajstić information content (AvgIpc) is 3.08. The number of hydrogen-bond donors (Lipinski definition) is 1. The Balaban J connectivity index is 3.97. The number of ether oxygens (including phenoxy) is 2. The highest BCUT2D eigenvalue weighted by Crippen LogP contribution is 2.22. The van der Waals surface area contributed by atoms with E-state index in [0.29, 0.717) is 25.8 Å². The van der Waals surface area contributed by atoms with Gasteiger partial charge in [-0.1, -0.05) is 201 Å². The first kappa shape index (κ1) is 47.9. The van der Waals surface area contributed by atoms with Crippen LogP contribution < -0.4 is 0 Å². The average molecular weight is 697 g/mol. The number of rotatable bonds is 38. The zero-order valence-electron chi connectivity index (χ0n) is 33.7. The van der Waals surface area contributed by atoms with E-state index in [1.165, 1.54) is 154 Å². The third-order valence-corrected chi connectivity index (χ3v) is 10.4. The molecule has 0 aromatic carbocycles. The van der Waals surface area contributed by atoms with E-state index in [-0.39, 0.29) is 11.9 Å². The summed E-state index contributed by atoms with van der Waals surface area (Å²) in [5.74, 6) is -0.572. The summed E-state index contributed by atoms with van der Waals surface area (Å²) < 4.78 is 10.8. The number of esters is 2. The molecule has 0 aromatic heterocycles. The lowest BCUT2D eigenvalue weighted by atomic mass is 10.0. The molecule has 1 N–H and O–H groups in total. The zero-order valence-corrected chi connectivity index (χ0v) is 33.7. The van der Waals surface area contributed by atoms with Crippen LogP contribution in [0.3, 0.4) is 0 Å². The van der Waals surface area contributed by atoms with Gasteiger partial charge in [0.15, 0.2) is 0 Å². The minimum absolute atomic E-state index is 0.286. The molecule has 292 valence electrons. The van der Waals surface area contributed by atoms with Crippen molar-refractivity contribution in [2.75, 3.05) is 6.54 Å². The monoisotopic (exact) mass is 697 g/mol. The lowest BCUT2D eigenvalue weighted by molar-refractivity contribution is -1.16. The molecule has 0 saturated heterocycles. The first-order valence-electron chi connectivity index (χ1n) is 21.8. The van der Waals surface area contributed by atoms with E-state index >= 15 is 0 Å². The van der Waals surface area contributed by atoms with Gasteiger partial charge in [-0.2, -0.15) is 0 Å². The third-order valence-electron chi connectivity index (χ3n) is 10.4. The molecule has 0 aliphatic heterocycles. The van der Waals surface area contributed by atoms with E-state index in [1.54, 1.807) is 13.8 Å². The predicted molar refractivity (Wildman–Crippen MR) is 207 cm³/mol. The van der Waals surface area contributed by atoms with Crippen LogP contribution in [0.1, 0.15) is 247 Å². The summed E-state index contributed by atoms with van der Waals surface area (Å²) in [5, 5.41) is 11.4. The summed E-state index contributed by atoms with van der Waals surface area (Å²) in [6, 6.07) is 0. The maximum absolute atomic E-state index is 12.6. The van der Waals surface area contributed by atoms with E-state index in [9.17, 15) is 14.8 Å². The Morgan fingerprint density at radius 3 is 0.857 bits per heavy atom. The molecule has 0 saturated carbocycles. The molecule has 2 unspecified atom stereocenters. The van der Waals surface area contributed by atoms with Gasteiger partial charge in [0, 0.05) is 26.7 Å². The maximum Gasteiger partial charge on any atom is 0.310 e. The van der Waals surface area contributed by atoms with Gasteiger partial charge in [-0.3, -0.25) is 9.59 Å². The Kier molecular flexibility index (Phi) is 34.5. The van der Waals surface area contributed by atoms with Crippen molar-refractivity contribution >= 4 is 11.9 Å². The van der Waals surface area contributed by atoms with Gasteiger partial charge in [0.1, 0.15) is 6.54 Å². The molecule has 2 atom stereocenters. The van der Waals surface area contributed by atoms with Crippen LogP contribution in [0, 0.1) is 0 Å². The van der Waals surface area contributed by atoms with E-state index in [2.05, 4.69) is 13.8 Å². The van der Waals surface area contributed by atoms with Crippen molar-refractivity contribution in [3.63, 3.8) is 0 Å². The quantitative estimate of drug-likeness (QED) is 0.0229. The van der Waals surface area contributed by atoms with Crippen LogP contribution in [-0.4, -0.2) is 40.8 Å². The highest BCUT2D eigenvalue weighted by molar-refractivity contribution is 5.69. The molecular weight excluding hydrogens is 610 g/mol. The summed E-state index contributed by atoms with van der Waals surface area (Å²) in [5.41, 5.74) is 0. The molecule has 0 heterocycles. The van der Waals surface area contributed by atoms with Crippen LogP contribution in [0.2, 0.25) is 0 Å². The molecule has 0 amide bonds. The van der Waals surface area contributed by atoms with Crippen molar-refractivity contribution in [1.29, 1.82) is 0 Å². The zero-order chi connectivity index (χ0) is 36.3. The van der Waals surface area contributed by atoms with Gasteiger partial charge < -0.3 is 9.47 Å². The van der Waals surface area contributed by atoms with Crippen molar-refractivity contribution in [3.8, 4) is 0 Å². The minimum atomic E-state index is -0.794. The van der Waals surface area contributed by atoms with Gasteiger partial charge in [0.25, 0.3) is 12.5 Å². The molecule has 6 heteroatoms. The Hall–Kier alpha value is -1.14. The lowest BCUT2D eigenvalue weighted by Crippen LogP contribution is -2.60. The van der Waals surface area contributed by atoms with Crippen LogP contribution in [0.5, 0.6) is 0 Å². The van der Waals surface area contributed by atoms with E-state index < -0.39 is 17.1 Å². The number of carbonyl (C=O) groups is 2. The normalized spacial score (nSPS) is 14.0. The van der Waals surface area contributed by atoms with Gasteiger partial charge in [0.05, 0.1) is 0 Å². The van der Waals surface area contributed by atoms with E-state index in [1.807, 2.05) is 6.92 Å². The molecule has 49 heavy (non-hydrogen) atoms. The fraction of sp³-hybridized carbons (Fsp3) is 0.953. The van der Waals surface area contributed by atoms with Crippen LogP contribution in [0.25, 0.3) is 0 Å². The van der Waals surface area contributed by atoms with E-state index in [4.69, 9.17) is 9.47 Å². The van der Waals surface area contributed by atoms with Gasteiger partial charge in [-0.25, -0.2) is 5.21 Å². The van der Waals surface area contributed by atoms with Crippen LogP contribution in [0.4, 0.5) is 0 Å². The Morgan fingerprint density at radius 2 is 0.633 bits per heavy atom. The van der Waals surface area contributed by atoms with Crippen LogP contribution in [0.15, 0.2) is 0 Å². The van der Waals surface area contributed by atoms with Gasteiger partial charge >= 0.3 is 11.9 Å². The second-order valence-corrected chi connectivity index (χ2v) is 15.2. The molecule has 0 aliphatic rings. The molecule has 0 aromatic rings. The number of quaternary nitrogens is 1. The second-order valence-electron chi connectivity index (χ2n) is 15.2. The summed E-state index contributed by atoms with van der Waals surface area (Å²) in [6.07, 6.45) is 38.4. The molecular formula is C43H86NO5+.